The number of aliphatic hydroxyl groups excluding tert-OH is 1. The fourth-order valence-corrected chi connectivity index (χ4v) is 1.75. The van der Waals surface area contributed by atoms with Gasteiger partial charge in [0.05, 0.1) is 12.8 Å². The molecule has 1 rings (SSSR count). The summed E-state index contributed by atoms with van der Waals surface area (Å²) in [7, 11) is 3.93. The standard InChI is InChI=1S/C13H25N5O3/c1-4-21-13(20)12(14-6-8-17(2)3)11-10-18(16-15-11)7-5-9-19/h10,12,14,19H,4-9H2,1-3H3. The highest BCUT2D eigenvalue weighted by Gasteiger charge is 2.24. The van der Waals surface area contributed by atoms with Crippen LogP contribution in [-0.4, -0.2) is 71.4 Å². The summed E-state index contributed by atoms with van der Waals surface area (Å²) < 4.78 is 6.69. The van der Waals surface area contributed by atoms with E-state index in [9.17, 15) is 4.79 Å². The van der Waals surface area contributed by atoms with Gasteiger partial charge in [0.1, 0.15) is 5.69 Å². The zero-order chi connectivity index (χ0) is 15.7. The first-order chi connectivity index (χ1) is 10.1. The van der Waals surface area contributed by atoms with Gasteiger partial charge in [0.2, 0.25) is 0 Å². The van der Waals surface area contributed by atoms with E-state index in [1.807, 2.05) is 19.0 Å². The number of aliphatic hydroxyl groups is 1. The van der Waals surface area contributed by atoms with Crippen LogP contribution in [-0.2, 0) is 16.1 Å². The Hall–Kier alpha value is -1.51. The van der Waals surface area contributed by atoms with Gasteiger partial charge < -0.3 is 14.7 Å². The minimum Gasteiger partial charge on any atom is -0.465 e. The smallest absolute Gasteiger partial charge is 0.329 e. The normalized spacial score (nSPS) is 12.6. The molecule has 0 fully saturated rings. The van der Waals surface area contributed by atoms with E-state index >= 15 is 0 Å². The average molecular weight is 299 g/mol. The van der Waals surface area contributed by atoms with E-state index in [-0.39, 0.29) is 12.6 Å². The topological polar surface area (TPSA) is 92.5 Å². The summed E-state index contributed by atoms with van der Waals surface area (Å²) >= 11 is 0. The van der Waals surface area contributed by atoms with Gasteiger partial charge in [-0.15, -0.1) is 5.10 Å². The lowest BCUT2D eigenvalue weighted by Gasteiger charge is -2.16. The predicted octanol–water partition coefficient (Wildman–Crippen LogP) is -0.584. The molecule has 0 aliphatic heterocycles. The van der Waals surface area contributed by atoms with Crippen molar-refractivity contribution in [3.05, 3.63) is 11.9 Å². The van der Waals surface area contributed by atoms with Crippen molar-refractivity contribution in [2.45, 2.75) is 25.9 Å². The largest absolute Gasteiger partial charge is 0.465 e. The van der Waals surface area contributed by atoms with Gasteiger partial charge in [-0.05, 0) is 27.4 Å². The van der Waals surface area contributed by atoms with Crippen LogP contribution in [0.1, 0.15) is 25.1 Å². The second-order valence-electron chi connectivity index (χ2n) is 4.93. The number of esters is 1. The highest BCUT2D eigenvalue weighted by Crippen LogP contribution is 2.11. The third kappa shape index (κ3) is 6.19. The molecule has 21 heavy (non-hydrogen) atoms. The van der Waals surface area contributed by atoms with Gasteiger partial charge in [-0.3, -0.25) is 10.00 Å². The highest BCUT2D eigenvalue weighted by atomic mass is 16.5. The lowest BCUT2D eigenvalue weighted by atomic mass is 10.2. The van der Waals surface area contributed by atoms with Gasteiger partial charge in [0.25, 0.3) is 0 Å². The summed E-state index contributed by atoms with van der Waals surface area (Å²) in [6.45, 7) is 4.19. The maximum Gasteiger partial charge on any atom is 0.329 e. The Morgan fingerprint density at radius 1 is 1.57 bits per heavy atom. The lowest BCUT2D eigenvalue weighted by Crippen LogP contribution is -2.35. The number of hydrogen-bond donors (Lipinski definition) is 2. The summed E-state index contributed by atoms with van der Waals surface area (Å²) in [6, 6.07) is -0.618. The molecule has 0 amide bonds. The number of aromatic nitrogens is 3. The second-order valence-corrected chi connectivity index (χ2v) is 4.93. The van der Waals surface area contributed by atoms with Crippen LogP contribution in [0.4, 0.5) is 0 Å². The van der Waals surface area contributed by atoms with Crippen molar-refractivity contribution in [3.63, 3.8) is 0 Å². The van der Waals surface area contributed by atoms with E-state index in [1.54, 1.807) is 17.8 Å². The molecular formula is C13H25N5O3. The molecule has 1 aromatic heterocycles. The number of nitrogens with zero attached hydrogens (tertiary/aromatic N) is 4. The van der Waals surface area contributed by atoms with Crippen LogP contribution in [0.3, 0.4) is 0 Å². The summed E-state index contributed by atoms with van der Waals surface area (Å²) in [5, 5.41) is 19.9. The number of aryl methyl sites for hydroxylation is 1. The zero-order valence-corrected chi connectivity index (χ0v) is 12.9. The van der Waals surface area contributed by atoms with E-state index in [0.29, 0.717) is 31.8 Å². The lowest BCUT2D eigenvalue weighted by molar-refractivity contribution is -0.146. The Kier molecular flexibility index (Phi) is 7.88. The molecule has 120 valence electrons. The Morgan fingerprint density at radius 2 is 2.33 bits per heavy atom. The van der Waals surface area contributed by atoms with Crippen LogP contribution in [0.15, 0.2) is 6.20 Å². The molecular weight excluding hydrogens is 274 g/mol. The minimum atomic E-state index is -0.618. The highest BCUT2D eigenvalue weighted by molar-refractivity contribution is 5.76. The monoisotopic (exact) mass is 299 g/mol. The van der Waals surface area contributed by atoms with Crippen molar-refractivity contribution in [2.24, 2.45) is 0 Å². The van der Waals surface area contributed by atoms with E-state index in [2.05, 4.69) is 15.6 Å². The first-order valence-corrected chi connectivity index (χ1v) is 7.14. The molecule has 8 heteroatoms. The number of hydrogen-bond acceptors (Lipinski definition) is 7. The Balaban J connectivity index is 2.69. The van der Waals surface area contributed by atoms with Crippen LogP contribution >= 0.6 is 0 Å². The number of ether oxygens (including phenoxy) is 1. The Bertz CT molecular complexity index is 422. The summed E-state index contributed by atoms with van der Waals surface area (Å²) in [6.07, 6.45) is 2.31. The average Bonchev–Trinajstić information content (AvgIpc) is 2.89. The molecule has 0 radical (unpaired) electrons. The third-order valence-corrected chi connectivity index (χ3v) is 2.83. The van der Waals surface area contributed by atoms with Crippen molar-refractivity contribution in [2.75, 3.05) is 40.4 Å². The summed E-state index contributed by atoms with van der Waals surface area (Å²) in [5.74, 6) is -0.356. The van der Waals surface area contributed by atoms with Crippen molar-refractivity contribution < 1.29 is 14.6 Å². The van der Waals surface area contributed by atoms with E-state index in [0.717, 1.165) is 6.54 Å². The number of rotatable bonds is 10. The number of carbonyl (C=O) groups is 1. The van der Waals surface area contributed by atoms with Gasteiger partial charge in [-0.25, -0.2) is 4.79 Å². The molecule has 0 spiro atoms. The summed E-state index contributed by atoms with van der Waals surface area (Å²) in [4.78, 5) is 14.0. The number of nitrogens with one attached hydrogen (secondary N) is 1. The third-order valence-electron chi connectivity index (χ3n) is 2.83. The maximum atomic E-state index is 12.0. The van der Waals surface area contributed by atoms with Gasteiger partial charge in [-0.1, -0.05) is 5.21 Å². The molecule has 8 nitrogen and oxygen atoms in total. The van der Waals surface area contributed by atoms with Crippen molar-refractivity contribution in [1.29, 1.82) is 0 Å². The molecule has 0 aliphatic rings. The van der Waals surface area contributed by atoms with Crippen LogP contribution in [0.2, 0.25) is 0 Å². The Morgan fingerprint density at radius 3 is 2.95 bits per heavy atom. The van der Waals surface area contributed by atoms with Crippen molar-refractivity contribution in [1.82, 2.24) is 25.2 Å². The first-order valence-electron chi connectivity index (χ1n) is 7.14. The molecule has 0 saturated heterocycles. The molecule has 1 unspecified atom stereocenters. The van der Waals surface area contributed by atoms with E-state index in [1.165, 1.54) is 0 Å². The molecule has 0 aromatic carbocycles. The Labute approximate surface area is 125 Å². The molecule has 1 atom stereocenters. The van der Waals surface area contributed by atoms with Crippen LogP contribution in [0.25, 0.3) is 0 Å². The minimum absolute atomic E-state index is 0.0948. The van der Waals surface area contributed by atoms with Crippen LogP contribution in [0.5, 0.6) is 0 Å². The fourth-order valence-electron chi connectivity index (χ4n) is 1.75. The van der Waals surface area contributed by atoms with Crippen molar-refractivity contribution >= 4 is 5.97 Å². The number of carbonyl (C=O) groups excluding carboxylic acids is 1. The maximum absolute atomic E-state index is 12.0. The zero-order valence-electron chi connectivity index (χ0n) is 12.9. The molecule has 1 heterocycles. The van der Waals surface area contributed by atoms with Gasteiger partial charge in [-0.2, -0.15) is 0 Å². The molecule has 1 aromatic rings. The molecule has 0 bridgehead atoms. The van der Waals surface area contributed by atoms with Crippen LogP contribution < -0.4 is 5.32 Å². The van der Waals surface area contributed by atoms with E-state index < -0.39 is 6.04 Å². The summed E-state index contributed by atoms with van der Waals surface area (Å²) in [5.41, 5.74) is 0.533. The van der Waals surface area contributed by atoms with Gasteiger partial charge >= 0.3 is 5.97 Å². The van der Waals surface area contributed by atoms with Gasteiger partial charge in [0, 0.05) is 26.2 Å². The van der Waals surface area contributed by atoms with Crippen molar-refractivity contribution in [3.8, 4) is 0 Å². The quantitative estimate of drug-likeness (QED) is 0.558. The molecule has 0 aliphatic carbocycles. The van der Waals surface area contributed by atoms with E-state index in [4.69, 9.17) is 9.84 Å². The predicted molar refractivity (Wildman–Crippen MR) is 77.7 cm³/mol. The SMILES string of the molecule is CCOC(=O)C(NCCN(C)C)c1cn(CCCO)nn1. The molecule has 2 N–H and O–H groups in total. The van der Waals surface area contributed by atoms with Gasteiger partial charge in [0.15, 0.2) is 6.04 Å². The number of likely N-dealkylation sites (N-methyl/N-ethyl adjacent to an activating group) is 1. The fraction of sp³-hybridized carbons (Fsp3) is 0.769. The van der Waals surface area contributed by atoms with Crippen LogP contribution in [0, 0.1) is 0 Å². The molecule has 0 saturated carbocycles. The second kappa shape index (κ2) is 9.43. The first kappa shape index (κ1) is 17.5.